The molecule has 20 aromatic rings. The molecule has 0 amide bonds. The lowest BCUT2D eigenvalue weighted by Gasteiger charge is -1.95. The predicted octanol–water partition coefficient (Wildman–Crippen LogP) is 29.7. The summed E-state index contributed by atoms with van der Waals surface area (Å²) >= 11 is 9.40. The third kappa shape index (κ3) is 15.2. The van der Waals surface area contributed by atoms with Gasteiger partial charge in [-0.05, 0) is 150 Å². The van der Waals surface area contributed by atoms with Crippen molar-refractivity contribution in [2.45, 2.75) is 55.4 Å². The van der Waals surface area contributed by atoms with E-state index in [0.29, 0.717) is 0 Å². The van der Waals surface area contributed by atoms with Gasteiger partial charge >= 0.3 is 0 Å². The normalized spacial score (nSPS) is 10.9. The first-order chi connectivity index (χ1) is 47.9. The van der Waals surface area contributed by atoms with Crippen molar-refractivity contribution in [2.24, 2.45) is 0 Å². The molecule has 0 saturated carbocycles. The molecule has 480 valence electrons. The van der Waals surface area contributed by atoms with Gasteiger partial charge in [0.25, 0.3) is 0 Å². The van der Waals surface area contributed by atoms with Crippen molar-refractivity contribution < 1.29 is 4.42 Å². The number of benzene rings is 14. The summed E-state index contributed by atoms with van der Waals surface area (Å²) in [5, 5.41) is 16.4. The summed E-state index contributed by atoms with van der Waals surface area (Å²) in [6.07, 6.45) is 0. The summed E-state index contributed by atoms with van der Waals surface area (Å²) in [6, 6.07) is 111. The fraction of sp³-hybridized carbons (Fsp3) is 0.0870. The number of rotatable bonds is 0. The molecular formula is C92H76OS5. The Balaban J connectivity index is 0.000000102. The maximum absolute atomic E-state index is 5.73. The van der Waals surface area contributed by atoms with Crippen molar-refractivity contribution in [3.8, 4) is 0 Å². The van der Waals surface area contributed by atoms with Crippen molar-refractivity contribution in [3.63, 3.8) is 0 Å². The molecule has 0 radical (unpaired) electrons. The highest BCUT2D eigenvalue weighted by Gasteiger charge is 2.10. The second kappa shape index (κ2) is 31.0. The Morgan fingerprint density at radius 3 is 1.06 bits per heavy atom. The quantitative estimate of drug-likeness (QED) is 0.147. The molecule has 0 unspecified atom stereocenters. The van der Waals surface area contributed by atoms with E-state index in [1.54, 1.807) is 0 Å². The van der Waals surface area contributed by atoms with Crippen molar-refractivity contribution >= 4 is 179 Å². The Hall–Kier alpha value is -10.0. The van der Waals surface area contributed by atoms with Crippen LogP contribution in [0.15, 0.2) is 320 Å². The maximum atomic E-state index is 5.73. The Morgan fingerprint density at radius 1 is 0.184 bits per heavy atom. The molecular weight excluding hydrogens is 1280 g/mol. The minimum absolute atomic E-state index is 0.969. The third-order valence-corrected chi connectivity index (χ3v) is 23.4. The SMILES string of the molecule is Cc1ccc2c(c1)sc1ccccc12.Cc1ccc2sc3ccccc3c2c1.Cc1cccc2c1sc1ccccc12.Cc1cccc2c1sc1ccccc12.Cc1cccc2oc3ccccc3c12.Cc1cccc2sc3ccccc3c12.Cc1ccccc1.Cc1ccccc1. The largest absolute Gasteiger partial charge is 0.456 e. The van der Waals surface area contributed by atoms with Gasteiger partial charge in [-0.2, -0.15) is 0 Å². The van der Waals surface area contributed by atoms with Crippen molar-refractivity contribution in [3.05, 3.63) is 360 Å². The van der Waals surface area contributed by atoms with Crippen LogP contribution in [0.4, 0.5) is 0 Å². The van der Waals surface area contributed by atoms with Gasteiger partial charge < -0.3 is 4.42 Å². The van der Waals surface area contributed by atoms with E-state index in [9.17, 15) is 0 Å². The predicted molar refractivity (Wildman–Crippen MR) is 441 cm³/mol. The molecule has 6 aromatic heterocycles. The molecule has 20 rings (SSSR count). The first-order valence-electron chi connectivity index (χ1n) is 33.2. The fourth-order valence-electron chi connectivity index (χ4n) is 12.4. The number of thiophene rings is 5. The highest BCUT2D eigenvalue weighted by molar-refractivity contribution is 7.27. The van der Waals surface area contributed by atoms with Crippen molar-refractivity contribution in [1.82, 2.24) is 0 Å². The molecule has 14 aromatic carbocycles. The lowest BCUT2D eigenvalue weighted by atomic mass is 10.1. The number of hydrogen-bond donors (Lipinski definition) is 0. The lowest BCUT2D eigenvalue weighted by Crippen LogP contribution is -1.72. The van der Waals surface area contributed by atoms with Crippen LogP contribution < -0.4 is 0 Å². The summed E-state index contributed by atoms with van der Waals surface area (Å²) in [4.78, 5) is 0. The van der Waals surface area contributed by atoms with Gasteiger partial charge in [-0.15, -0.1) is 56.7 Å². The van der Waals surface area contributed by atoms with E-state index in [4.69, 9.17) is 4.42 Å². The Bertz CT molecular complexity index is 5750. The molecule has 0 bridgehead atoms. The highest BCUT2D eigenvalue weighted by atomic mass is 32.1. The van der Waals surface area contributed by atoms with Crippen LogP contribution in [0.5, 0.6) is 0 Å². The van der Waals surface area contributed by atoms with Gasteiger partial charge in [0.15, 0.2) is 0 Å². The number of fused-ring (bicyclic) bond motifs is 18. The molecule has 0 spiro atoms. The summed E-state index contributed by atoms with van der Waals surface area (Å²) in [7, 11) is 0. The van der Waals surface area contributed by atoms with E-state index < -0.39 is 0 Å². The molecule has 0 aliphatic rings. The molecule has 6 heteroatoms. The summed E-state index contributed by atoms with van der Waals surface area (Å²) in [6.45, 7) is 17.1. The molecule has 6 heterocycles. The van der Waals surface area contributed by atoms with Crippen LogP contribution in [0.3, 0.4) is 0 Å². The second-order valence-electron chi connectivity index (χ2n) is 24.7. The molecule has 0 atom stereocenters. The highest BCUT2D eigenvalue weighted by Crippen LogP contribution is 2.40. The fourth-order valence-corrected chi connectivity index (χ4v) is 18.2. The van der Waals surface area contributed by atoms with Crippen LogP contribution in [0.2, 0.25) is 0 Å². The van der Waals surface area contributed by atoms with E-state index in [1.807, 2.05) is 123 Å². The maximum Gasteiger partial charge on any atom is 0.135 e. The molecule has 0 aliphatic carbocycles. The average Bonchev–Trinajstić information content (AvgIpc) is 1.67. The van der Waals surface area contributed by atoms with E-state index in [0.717, 1.165) is 11.2 Å². The van der Waals surface area contributed by atoms with Crippen LogP contribution in [0.25, 0.3) is 123 Å². The van der Waals surface area contributed by atoms with Gasteiger partial charge in [-0.25, -0.2) is 0 Å². The van der Waals surface area contributed by atoms with E-state index >= 15 is 0 Å². The summed E-state index contributed by atoms with van der Waals surface area (Å²) < 4.78 is 19.7. The van der Waals surface area contributed by atoms with E-state index in [-0.39, 0.29) is 0 Å². The average molecular weight is 1360 g/mol. The van der Waals surface area contributed by atoms with Gasteiger partial charge in [-0.3, -0.25) is 0 Å². The number of para-hydroxylation sites is 1. The smallest absolute Gasteiger partial charge is 0.135 e. The Kier molecular flexibility index (Phi) is 21.1. The topological polar surface area (TPSA) is 13.1 Å². The van der Waals surface area contributed by atoms with E-state index in [1.165, 1.54) is 156 Å². The zero-order valence-corrected chi connectivity index (χ0v) is 60.6. The lowest BCUT2D eigenvalue weighted by molar-refractivity contribution is 0.669. The first kappa shape index (κ1) is 66.6. The van der Waals surface area contributed by atoms with Gasteiger partial charge in [-0.1, -0.05) is 265 Å². The Morgan fingerprint density at radius 2 is 0.520 bits per heavy atom. The van der Waals surface area contributed by atoms with Gasteiger partial charge in [0.05, 0.1) is 0 Å². The van der Waals surface area contributed by atoms with Crippen LogP contribution in [-0.4, -0.2) is 0 Å². The third-order valence-electron chi connectivity index (χ3n) is 17.4. The number of hydrogen-bond acceptors (Lipinski definition) is 6. The standard InChI is InChI=1S/C13H10O.5C13H10S.2C7H8/c1-9-5-4-8-12-13(9)10-6-2-3-7-11(10)14-12;2*1-9-5-4-7-11-10-6-2-3-8-12(10)14-13(9)11;1-9-5-4-8-12-13(9)10-6-2-3-7-11(10)14-12;1-9-6-7-13-11(8-9)10-4-2-3-5-12(10)14-13;1-9-6-7-11-10-4-2-3-5-12(10)14-13(11)8-9;2*1-7-5-3-2-4-6-7/h6*2-8H,1H3;2*2-6H,1H3. The molecule has 0 N–H and O–H groups in total. The van der Waals surface area contributed by atoms with Crippen LogP contribution in [0.1, 0.15) is 44.5 Å². The second-order valence-corrected chi connectivity index (χ2v) is 30.1. The van der Waals surface area contributed by atoms with Crippen molar-refractivity contribution in [1.29, 1.82) is 0 Å². The van der Waals surface area contributed by atoms with Gasteiger partial charge in [0.1, 0.15) is 11.2 Å². The molecule has 1 nitrogen and oxygen atoms in total. The Labute approximate surface area is 594 Å². The zero-order chi connectivity index (χ0) is 67.5. The molecule has 98 heavy (non-hydrogen) atoms. The van der Waals surface area contributed by atoms with Crippen LogP contribution >= 0.6 is 56.7 Å². The first-order valence-corrected chi connectivity index (χ1v) is 37.3. The minimum Gasteiger partial charge on any atom is -0.456 e. The number of furan rings is 1. The van der Waals surface area contributed by atoms with Gasteiger partial charge in [0.2, 0.25) is 0 Å². The molecule has 0 aliphatic heterocycles. The van der Waals surface area contributed by atoms with E-state index in [2.05, 4.69) is 304 Å². The van der Waals surface area contributed by atoms with Crippen molar-refractivity contribution in [2.75, 3.05) is 0 Å². The van der Waals surface area contributed by atoms with Gasteiger partial charge in [0, 0.05) is 112 Å². The summed E-state index contributed by atoms with van der Waals surface area (Å²) in [5.74, 6) is 0. The monoisotopic (exact) mass is 1360 g/mol. The minimum atomic E-state index is 0.969. The molecule has 0 fully saturated rings. The molecule has 0 saturated heterocycles. The number of aryl methyl sites for hydroxylation is 8. The zero-order valence-electron chi connectivity index (χ0n) is 56.5. The van der Waals surface area contributed by atoms with Crippen LogP contribution in [-0.2, 0) is 0 Å². The summed E-state index contributed by atoms with van der Waals surface area (Å²) in [5.41, 5.74) is 12.7. The van der Waals surface area contributed by atoms with Crippen LogP contribution in [0, 0.1) is 55.4 Å².